The summed E-state index contributed by atoms with van der Waals surface area (Å²) in [6.45, 7) is 3.36. The number of hydrogen-bond acceptors (Lipinski definition) is 4. The smallest absolute Gasteiger partial charge is 0.260 e. The average Bonchev–Trinajstić information content (AvgIpc) is 2.46. The van der Waals surface area contributed by atoms with E-state index < -0.39 is 0 Å². The number of hydrogen-bond donors (Lipinski definition) is 0. The minimum atomic E-state index is 0.00700. The Balaban J connectivity index is 1.80. The van der Waals surface area contributed by atoms with Crippen LogP contribution in [0, 0.1) is 0 Å². The van der Waals surface area contributed by atoms with Crippen molar-refractivity contribution in [3.8, 4) is 5.75 Å². The molecule has 19 heavy (non-hydrogen) atoms. The van der Waals surface area contributed by atoms with E-state index in [1.54, 1.807) is 24.3 Å². The molecule has 0 spiro atoms. The molecule has 102 valence electrons. The number of benzene rings is 1. The van der Waals surface area contributed by atoms with E-state index in [1.165, 1.54) is 0 Å². The molecule has 0 saturated carbocycles. The van der Waals surface area contributed by atoms with Crippen LogP contribution in [-0.4, -0.2) is 61.8 Å². The van der Waals surface area contributed by atoms with Crippen molar-refractivity contribution in [2.75, 3.05) is 39.8 Å². The van der Waals surface area contributed by atoms with Crippen LogP contribution < -0.4 is 4.74 Å². The third kappa shape index (κ3) is 3.79. The summed E-state index contributed by atoms with van der Waals surface area (Å²) in [5, 5.41) is 0. The first-order chi connectivity index (χ1) is 9.19. The number of amides is 1. The number of aldehydes is 1. The number of nitrogens with zero attached hydrogens (tertiary/aromatic N) is 2. The van der Waals surface area contributed by atoms with E-state index in [1.807, 2.05) is 11.9 Å². The van der Waals surface area contributed by atoms with Crippen LogP contribution >= 0.6 is 0 Å². The van der Waals surface area contributed by atoms with E-state index in [9.17, 15) is 9.59 Å². The maximum atomic E-state index is 11.9. The molecule has 1 amide bonds. The van der Waals surface area contributed by atoms with Gasteiger partial charge in [-0.05, 0) is 31.3 Å². The fourth-order valence-corrected chi connectivity index (χ4v) is 1.93. The molecule has 0 atom stereocenters. The lowest BCUT2D eigenvalue weighted by molar-refractivity contribution is -0.134. The van der Waals surface area contributed by atoms with Crippen LogP contribution in [-0.2, 0) is 4.79 Å². The Morgan fingerprint density at radius 3 is 2.42 bits per heavy atom. The van der Waals surface area contributed by atoms with Crippen LogP contribution in [0.5, 0.6) is 5.75 Å². The van der Waals surface area contributed by atoms with Crippen molar-refractivity contribution in [2.45, 2.75) is 0 Å². The summed E-state index contributed by atoms with van der Waals surface area (Å²) in [6.07, 6.45) is 0.777. The van der Waals surface area contributed by atoms with Crippen molar-refractivity contribution in [1.82, 2.24) is 9.80 Å². The zero-order chi connectivity index (χ0) is 13.7. The summed E-state index contributed by atoms with van der Waals surface area (Å²) < 4.78 is 5.43. The highest BCUT2D eigenvalue weighted by molar-refractivity contribution is 5.78. The number of carbonyl (C=O) groups is 2. The van der Waals surface area contributed by atoms with E-state index in [0.29, 0.717) is 11.3 Å². The van der Waals surface area contributed by atoms with Crippen LogP contribution in [0.4, 0.5) is 0 Å². The Labute approximate surface area is 112 Å². The summed E-state index contributed by atoms with van der Waals surface area (Å²) in [4.78, 5) is 26.5. The van der Waals surface area contributed by atoms with Crippen LogP contribution in [0.25, 0.3) is 0 Å². The molecule has 1 saturated heterocycles. The molecule has 1 aromatic rings. The summed E-state index contributed by atoms with van der Waals surface area (Å²) in [5.41, 5.74) is 0.595. The number of ether oxygens (including phenoxy) is 1. The monoisotopic (exact) mass is 262 g/mol. The molecule has 0 bridgehead atoms. The van der Waals surface area contributed by atoms with E-state index in [4.69, 9.17) is 4.74 Å². The molecule has 5 heteroatoms. The summed E-state index contributed by atoms with van der Waals surface area (Å²) in [6, 6.07) is 6.73. The van der Waals surface area contributed by atoms with Gasteiger partial charge in [0.05, 0.1) is 0 Å². The van der Waals surface area contributed by atoms with Gasteiger partial charge in [-0.25, -0.2) is 0 Å². The molecule has 1 aromatic carbocycles. The number of piperazine rings is 1. The second kappa shape index (κ2) is 6.33. The lowest BCUT2D eigenvalue weighted by atomic mass is 10.2. The molecule has 1 fully saturated rings. The topological polar surface area (TPSA) is 49.9 Å². The minimum absolute atomic E-state index is 0.00700. The van der Waals surface area contributed by atoms with Crippen LogP contribution in [0.15, 0.2) is 24.3 Å². The summed E-state index contributed by atoms with van der Waals surface area (Å²) >= 11 is 0. The van der Waals surface area contributed by atoms with Crippen molar-refractivity contribution in [3.63, 3.8) is 0 Å². The van der Waals surface area contributed by atoms with Crippen LogP contribution in [0.3, 0.4) is 0 Å². The van der Waals surface area contributed by atoms with E-state index in [2.05, 4.69) is 4.90 Å². The Bertz CT molecular complexity index is 437. The molecule has 5 nitrogen and oxygen atoms in total. The van der Waals surface area contributed by atoms with Gasteiger partial charge in [0.2, 0.25) is 0 Å². The predicted octanol–water partition coefficient (Wildman–Crippen LogP) is 0.652. The lowest BCUT2D eigenvalue weighted by Crippen LogP contribution is -2.48. The highest BCUT2D eigenvalue weighted by atomic mass is 16.5. The lowest BCUT2D eigenvalue weighted by Gasteiger charge is -2.32. The van der Waals surface area contributed by atoms with Crippen molar-refractivity contribution >= 4 is 12.2 Å². The highest BCUT2D eigenvalue weighted by Crippen LogP contribution is 2.11. The summed E-state index contributed by atoms with van der Waals surface area (Å²) in [5.74, 6) is 0.612. The fraction of sp³-hybridized carbons (Fsp3) is 0.429. The van der Waals surface area contributed by atoms with Gasteiger partial charge in [0, 0.05) is 31.7 Å². The van der Waals surface area contributed by atoms with Gasteiger partial charge >= 0.3 is 0 Å². The number of likely N-dealkylation sites (N-methyl/N-ethyl adjacent to an activating group) is 1. The molecule has 0 radical (unpaired) electrons. The van der Waals surface area contributed by atoms with Gasteiger partial charge in [-0.3, -0.25) is 9.59 Å². The first-order valence-corrected chi connectivity index (χ1v) is 6.33. The van der Waals surface area contributed by atoms with Gasteiger partial charge in [-0.15, -0.1) is 0 Å². The van der Waals surface area contributed by atoms with Crippen molar-refractivity contribution in [1.29, 1.82) is 0 Å². The first-order valence-electron chi connectivity index (χ1n) is 6.33. The predicted molar refractivity (Wildman–Crippen MR) is 71.4 cm³/mol. The van der Waals surface area contributed by atoms with E-state index >= 15 is 0 Å². The molecule has 0 unspecified atom stereocenters. The molecule has 2 rings (SSSR count). The second-order valence-electron chi connectivity index (χ2n) is 4.66. The maximum absolute atomic E-state index is 11.9. The minimum Gasteiger partial charge on any atom is -0.484 e. The Morgan fingerprint density at radius 2 is 1.84 bits per heavy atom. The zero-order valence-corrected chi connectivity index (χ0v) is 11.0. The maximum Gasteiger partial charge on any atom is 0.260 e. The Kier molecular flexibility index (Phi) is 4.52. The Hall–Kier alpha value is -1.88. The van der Waals surface area contributed by atoms with Gasteiger partial charge in [0.1, 0.15) is 12.0 Å². The molecular formula is C14H18N2O3. The third-order valence-corrected chi connectivity index (χ3v) is 3.23. The zero-order valence-electron chi connectivity index (χ0n) is 11.0. The highest BCUT2D eigenvalue weighted by Gasteiger charge is 2.19. The largest absolute Gasteiger partial charge is 0.484 e. The van der Waals surface area contributed by atoms with Crippen molar-refractivity contribution < 1.29 is 14.3 Å². The molecule has 0 aliphatic carbocycles. The van der Waals surface area contributed by atoms with Gasteiger partial charge in [0.25, 0.3) is 5.91 Å². The van der Waals surface area contributed by atoms with Gasteiger partial charge in [-0.2, -0.15) is 0 Å². The SMILES string of the molecule is CN1CCN(C(=O)COc2ccc(C=O)cc2)CC1. The normalized spacial score (nSPS) is 16.2. The summed E-state index contributed by atoms with van der Waals surface area (Å²) in [7, 11) is 2.05. The standard InChI is InChI=1S/C14H18N2O3/c1-15-6-8-16(9-7-15)14(18)11-19-13-4-2-12(10-17)3-5-13/h2-5,10H,6-9,11H2,1H3. The van der Waals surface area contributed by atoms with Gasteiger partial charge in [-0.1, -0.05) is 0 Å². The van der Waals surface area contributed by atoms with Gasteiger partial charge in [0.15, 0.2) is 6.61 Å². The van der Waals surface area contributed by atoms with Crippen molar-refractivity contribution in [3.05, 3.63) is 29.8 Å². The molecule has 1 aliphatic rings. The third-order valence-electron chi connectivity index (χ3n) is 3.23. The molecular weight excluding hydrogens is 244 g/mol. The molecule has 0 aromatic heterocycles. The fourth-order valence-electron chi connectivity index (χ4n) is 1.93. The average molecular weight is 262 g/mol. The number of rotatable bonds is 4. The van der Waals surface area contributed by atoms with Crippen LogP contribution in [0.2, 0.25) is 0 Å². The van der Waals surface area contributed by atoms with E-state index in [-0.39, 0.29) is 12.5 Å². The molecule has 1 aliphatic heterocycles. The van der Waals surface area contributed by atoms with Gasteiger partial charge < -0.3 is 14.5 Å². The molecule has 1 heterocycles. The van der Waals surface area contributed by atoms with E-state index in [0.717, 1.165) is 32.5 Å². The Morgan fingerprint density at radius 1 is 1.21 bits per heavy atom. The first kappa shape index (κ1) is 13.5. The van der Waals surface area contributed by atoms with Crippen LogP contribution in [0.1, 0.15) is 10.4 Å². The second-order valence-corrected chi connectivity index (χ2v) is 4.66. The van der Waals surface area contributed by atoms with Crippen molar-refractivity contribution in [2.24, 2.45) is 0 Å². The number of carbonyl (C=O) groups excluding carboxylic acids is 2. The molecule has 0 N–H and O–H groups in total. The quantitative estimate of drug-likeness (QED) is 0.748.